The smallest absolute Gasteiger partial charge is 0.129 e. The third-order valence-electron chi connectivity index (χ3n) is 3.69. The van der Waals surface area contributed by atoms with Gasteiger partial charge in [0.1, 0.15) is 11.6 Å². The summed E-state index contributed by atoms with van der Waals surface area (Å²) >= 11 is 0. The molecule has 0 radical (unpaired) electrons. The van der Waals surface area contributed by atoms with E-state index in [9.17, 15) is 14.6 Å². The Labute approximate surface area is 130 Å². The van der Waals surface area contributed by atoms with Crippen LogP contribution in [0, 0.1) is 5.82 Å². The van der Waals surface area contributed by atoms with Crippen LogP contribution >= 0.6 is 0 Å². The lowest BCUT2D eigenvalue weighted by Crippen LogP contribution is -2.26. The number of aliphatic hydroxyl groups is 1. The van der Waals surface area contributed by atoms with Crippen LogP contribution in [0.5, 0.6) is 5.75 Å². The highest BCUT2D eigenvalue weighted by Crippen LogP contribution is 2.17. The molecule has 0 aliphatic heterocycles. The first-order chi connectivity index (χ1) is 10.6. The van der Waals surface area contributed by atoms with Crippen molar-refractivity contribution in [3.63, 3.8) is 0 Å². The molecular weight excluding hydrogens is 281 g/mol. The highest BCUT2D eigenvalue weighted by Gasteiger charge is 2.14. The molecule has 1 atom stereocenters. The molecule has 0 aliphatic carbocycles. The second-order valence-corrected chi connectivity index (χ2v) is 5.57. The van der Waals surface area contributed by atoms with Crippen molar-refractivity contribution in [2.24, 2.45) is 0 Å². The Hall–Kier alpha value is -1.91. The third-order valence-corrected chi connectivity index (χ3v) is 3.69. The van der Waals surface area contributed by atoms with Gasteiger partial charge in [-0.25, -0.2) is 4.39 Å². The second-order valence-electron chi connectivity index (χ2n) is 5.57. The maximum Gasteiger partial charge on any atom is 0.129 e. The van der Waals surface area contributed by atoms with E-state index < -0.39 is 6.10 Å². The number of phenols is 1. The van der Waals surface area contributed by atoms with Gasteiger partial charge in [-0.15, -0.1) is 0 Å². The van der Waals surface area contributed by atoms with Crippen molar-refractivity contribution in [2.45, 2.75) is 18.9 Å². The molecule has 0 spiro atoms. The molecule has 0 saturated heterocycles. The molecule has 22 heavy (non-hydrogen) atoms. The molecule has 4 heteroatoms. The molecule has 2 rings (SSSR count). The van der Waals surface area contributed by atoms with Gasteiger partial charge < -0.3 is 15.1 Å². The summed E-state index contributed by atoms with van der Waals surface area (Å²) in [6.45, 7) is 1.21. The monoisotopic (exact) mass is 303 g/mol. The minimum Gasteiger partial charge on any atom is -0.508 e. The summed E-state index contributed by atoms with van der Waals surface area (Å²) in [6, 6.07) is 13.5. The van der Waals surface area contributed by atoms with Crippen molar-refractivity contribution in [3.05, 3.63) is 65.5 Å². The fourth-order valence-electron chi connectivity index (χ4n) is 2.45. The van der Waals surface area contributed by atoms with Crippen molar-refractivity contribution in [1.29, 1.82) is 0 Å². The van der Waals surface area contributed by atoms with Crippen molar-refractivity contribution < 1.29 is 14.6 Å². The van der Waals surface area contributed by atoms with E-state index in [4.69, 9.17) is 0 Å². The summed E-state index contributed by atoms with van der Waals surface area (Å²) in [7, 11) is 1.92. The first kappa shape index (κ1) is 16.5. The molecule has 0 amide bonds. The lowest BCUT2D eigenvalue weighted by atomic mass is 10.1. The van der Waals surface area contributed by atoms with Crippen LogP contribution in [-0.2, 0) is 6.42 Å². The molecule has 0 bridgehead atoms. The van der Waals surface area contributed by atoms with E-state index in [-0.39, 0.29) is 11.6 Å². The molecule has 2 aromatic carbocycles. The minimum absolute atomic E-state index is 0.272. The highest BCUT2D eigenvalue weighted by molar-refractivity contribution is 5.25. The van der Waals surface area contributed by atoms with Gasteiger partial charge in [0.15, 0.2) is 0 Å². The van der Waals surface area contributed by atoms with Crippen LogP contribution in [0.15, 0.2) is 48.5 Å². The molecule has 0 unspecified atom stereocenters. The van der Waals surface area contributed by atoms with E-state index >= 15 is 0 Å². The van der Waals surface area contributed by atoms with E-state index in [1.54, 1.807) is 30.3 Å². The molecule has 0 aromatic heterocycles. The van der Waals surface area contributed by atoms with Crippen LogP contribution in [0.4, 0.5) is 4.39 Å². The molecule has 2 aromatic rings. The lowest BCUT2D eigenvalue weighted by molar-refractivity contribution is 0.123. The number of phenolic OH excluding ortho intramolecular Hbond substituents is 1. The number of nitrogens with zero attached hydrogens (tertiary/aromatic N) is 1. The first-order valence-corrected chi connectivity index (χ1v) is 7.45. The molecule has 118 valence electrons. The predicted octanol–water partition coefficient (Wildman–Crippen LogP) is 3.13. The number of likely N-dealkylation sites (N-methyl/N-ethyl adjacent to an activating group) is 1. The van der Waals surface area contributed by atoms with Crippen LogP contribution < -0.4 is 0 Å². The summed E-state index contributed by atoms with van der Waals surface area (Å²) in [5.41, 5.74) is 1.51. The molecule has 0 fully saturated rings. The molecule has 3 nitrogen and oxygen atoms in total. The van der Waals surface area contributed by atoms with Crippen LogP contribution in [-0.4, -0.2) is 35.3 Å². The Morgan fingerprint density at radius 3 is 2.45 bits per heavy atom. The van der Waals surface area contributed by atoms with Gasteiger partial charge in [-0.3, -0.25) is 0 Å². The number of halogens is 1. The van der Waals surface area contributed by atoms with Gasteiger partial charge in [0.2, 0.25) is 0 Å². The maximum absolute atomic E-state index is 13.6. The van der Waals surface area contributed by atoms with Gasteiger partial charge in [0.05, 0.1) is 6.10 Å². The Balaban J connectivity index is 1.77. The van der Waals surface area contributed by atoms with Crippen molar-refractivity contribution in [1.82, 2.24) is 4.90 Å². The first-order valence-electron chi connectivity index (χ1n) is 7.45. The van der Waals surface area contributed by atoms with Crippen LogP contribution in [0.25, 0.3) is 0 Å². The standard InChI is InChI=1S/C18H22FNO2/c1-20(12-4-5-14-8-10-15(21)11-9-14)13-18(22)16-6-2-3-7-17(16)19/h2-3,6-11,18,21-22H,4-5,12-13H2,1H3/t18-/m1/s1. The SMILES string of the molecule is CN(CCCc1ccc(O)cc1)C[C@@H](O)c1ccccc1F. The van der Waals surface area contributed by atoms with E-state index in [1.165, 1.54) is 11.6 Å². The summed E-state index contributed by atoms with van der Waals surface area (Å²) in [4.78, 5) is 2.00. The Bertz CT molecular complexity index is 586. The van der Waals surface area contributed by atoms with Crippen molar-refractivity contribution >= 4 is 0 Å². The van der Waals surface area contributed by atoms with E-state index in [2.05, 4.69) is 0 Å². The molecule has 0 heterocycles. The Morgan fingerprint density at radius 1 is 1.09 bits per heavy atom. The van der Waals surface area contributed by atoms with E-state index in [0.29, 0.717) is 12.1 Å². The Kier molecular flexibility index (Phi) is 5.92. The fraction of sp³-hybridized carbons (Fsp3) is 0.333. The average molecular weight is 303 g/mol. The largest absolute Gasteiger partial charge is 0.508 e. The van der Waals surface area contributed by atoms with Gasteiger partial charge >= 0.3 is 0 Å². The number of benzene rings is 2. The molecule has 0 saturated carbocycles. The van der Waals surface area contributed by atoms with E-state index in [0.717, 1.165) is 19.4 Å². The van der Waals surface area contributed by atoms with Gasteiger partial charge in [-0.1, -0.05) is 30.3 Å². The average Bonchev–Trinajstić information content (AvgIpc) is 2.49. The number of aromatic hydroxyl groups is 1. The zero-order valence-electron chi connectivity index (χ0n) is 12.7. The summed E-state index contributed by atoms with van der Waals surface area (Å²) in [5.74, 6) is -0.0960. The van der Waals surface area contributed by atoms with E-state index in [1.807, 2.05) is 24.1 Å². The number of aliphatic hydroxyl groups excluding tert-OH is 1. The topological polar surface area (TPSA) is 43.7 Å². The summed E-state index contributed by atoms with van der Waals surface area (Å²) in [5, 5.41) is 19.3. The molecule has 0 aliphatic rings. The van der Waals surface area contributed by atoms with Crippen molar-refractivity contribution in [3.8, 4) is 5.75 Å². The molecule has 2 N–H and O–H groups in total. The Morgan fingerprint density at radius 2 is 1.77 bits per heavy atom. The summed E-state index contributed by atoms with van der Waals surface area (Å²) < 4.78 is 13.6. The van der Waals surface area contributed by atoms with Crippen LogP contribution in [0.3, 0.4) is 0 Å². The van der Waals surface area contributed by atoms with Gasteiger partial charge in [0, 0.05) is 12.1 Å². The lowest BCUT2D eigenvalue weighted by Gasteiger charge is -2.21. The zero-order valence-corrected chi connectivity index (χ0v) is 12.7. The number of hydrogen-bond donors (Lipinski definition) is 2. The fourth-order valence-corrected chi connectivity index (χ4v) is 2.45. The van der Waals surface area contributed by atoms with Gasteiger partial charge in [-0.2, -0.15) is 0 Å². The second kappa shape index (κ2) is 7.92. The van der Waals surface area contributed by atoms with Crippen LogP contribution in [0.1, 0.15) is 23.7 Å². The highest BCUT2D eigenvalue weighted by atomic mass is 19.1. The number of aryl methyl sites for hydroxylation is 1. The van der Waals surface area contributed by atoms with Crippen molar-refractivity contribution in [2.75, 3.05) is 20.1 Å². The molecular formula is C18H22FNO2. The summed E-state index contributed by atoms with van der Waals surface area (Å²) in [6.07, 6.45) is 1.02. The minimum atomic E-state index is -0.820. The number of hydrogen-bond acceptors (Lipinski definition) is 3. The van der Waals surface area contributed by atoms with Gasteiger partial charge in [-0.05, 0) is 50.2 Å². The van der Waals surface area contributed by atoms with Gasteiger partial charge in [0.25, 0.3) is 0 Å². The maximum atomic E-state index is 13.6. The van der Waals surface area contributed by atoms with Crippen LogP contribution in [0.2, 0.25) is 0 Å². The zero-order chi connectivity index (χ0) is 15.9. The predicted molar refractivity (Wildman–Crippen MR) is 85.3 cm³/mol. The number of rotatable bonds is 7. The third kappa shape index (κ3) is 4.83. The quantitative estimate of drug-likeness (QED) is 0.826. The normalized spacial score (nSPS) is 12.5.